The summed E-state index contributed by atoms with van der Waals surface area (Å²) in [5.74, 6) is 0.525. The molecule has 0 unspecified atom stereocenters. The standard InChI is InChI=1S/C10H17N3/c1-6(10(12)7-2-3-7)13-9-4-8(11)5-9/h7-9,12H,2-5,11H2,1H3. The van der Waals surface area contributed by atoms with E-state index in [1.54, 1.807) is 0 Å². The van der Waals surface area contributed by atoms with Gasteiger partial charge in [-0.25, -0.2) is 0 Å². The lowest BCUT2D eigenvalue weighted by Gasteiger charge is -2.29. The quantitative estimate of drug-likeness (QED) is 0.631. The van der Waals surface area contributed by atoms with Gasteiger partial charge >= 0.3 is 0 Å². The first-order chi connectivity index (χ1) is 6.16. The molecule has 0 spiro atoms. The zero-order chi connectivity index (χ0) is 9.42. The molecule has 2 aliphatic carbocycles. The fourth-order valence-corrected chi connectivity index (χ4v) is 1.75. The SMILES string of the molecule is CC(=NC1CC(N)C1)C(=N)C1CC1. The van der Waals surface area contributed by atoms with Gasteiger partial charge in [0.05, 0.1) is 17.5 Å². The minimum atomic E-state index is 0.358. The van der Waals surface area contributed by atoms with Crippen molar-refractivity contribution in [3.05, 3.63) is 0 Å². The second-order valence-electron chi connectivity index (χ2n) is 4.29. The van der Waals surface area contributed by atoms with E-state index in [0.29, 0.717) is 18.0 Å². The number of hydrogen-bond donors (Lipinski definition) is 2. The second-order valence-corrected chi connectivity index (χ2v) is 4.29. The molecule has 72 valence electrons. The van der Waals surface area contributed by atoms with Crippen molar-refractivity contribution in [1.82, 2.24) is 0 Å². The van der Waals surface area contributed by atoms with Crippen molar-refractivity contribution in [3.63, 3.8) is 0 Å². The van der Waals surface area contributed by atoms with Gasteiger partial charge in [-0.1, -0.05) is 0 Å². The van der Waals surface area contributed by atoms with Crippen molar-refractivity contribution in [3.8, 4) is 0 Å². The summed E-state index contributed by atoms with van der Waals surface area (Å²) < 4.78 is 0. The van der Waals surface area contributed by atoms with E-state index < -0.39 is 0 Å². The molecule has 0 bridgehead atoms. The number of hydrogen-bond acceptors (Lipinski definition) is 3. The third kappa shape index (κ3) is 1.97. The maximum atomic E-state index is 7.79. The van der Waals surface area contributed by atoms with E-state index in [9.17, 15) is 0 Å². The molecule has 0 aliphatic heterocycles. The van der Waals surface area contributed by atoms with Crippen LogP contribution in [0.15, 0.2) is 4.99 Å². The highest BCUT2D eigenvalue weighted by molar-refractivity contribution is 6.41. The maximum absolute atomic E-state index is 7.79. The molecule has 0 saturated heterocycles. The Morgan fingerprint density at radius 2 is 2.00 bits per heavy atom. The molecular formula is C10H17N3. The van der Waals surface area contributed by atoms with Crippen molar-refractivity contribution in [2.45, 2.75) is 44.7 Å². The second kappa shape index (κ2) is 3.22. The summed E-state index contributed by atoms with van der Waals surface area (Å²) in [5.41, 5.74) is 7.38. The predicted molar refractivity (Wildman–Crippen MR) is 54.6 cm³/mol. The van der Waals surface area contributed by atoms with E-state index in [4.69, 9.17) is 11.1 Å². The number of nitrogens with one attached hydrogen (secondary N) is 1. The van der Waals surface area contributed by atoms with Gasteiger partial charge in [0.25, 0.3) is 0 Å². The molecule has 2 fully saturated rings. The first kappa shape index (κ1) is 8.88. The van der Waals surface area contributed by atoms with Crippen LogP contribution in [0.2, 0.25) is 0 Å². The molecule has 0 aromatic rings. The van der Waals surface area contributed by atoms with Crippen LogP contribution < -0.4 is 5.73 Å². The maximum Gasteiger partial charge on any atom is 0.0552 e. The van der Waals surface area contributed by atoms with Crippen LogP contribution in [0.1, 0.15) is 32.6 Å². The van der Waals surface area contributed by atoms with Crippen molar-refractivity contribution >= 4 is 11.4 Å². The molecule has 0 amide bonds. The van der Waals surface area contributed by atoms with Gasteiger partial charge in [-0.05, 0) is 32.6 Å². The molecule has 3 N–H and O–H groups in total. The topological polar surface area (TPSA) is 62.2 Å². The van der Waals surface area contributed by atoms with Crippen LogP contribution in [0.25, 0.3) is 0 Å². The summed E-state index contributed by atoms with van der Waals surface area (Å²) in [7, 11) is 0. The van der Waals surface area contributed by atoms with Gasteiger partial charge in [0.2, 0.25) is 0 Å². The largest absolute Gasteiger partial charge is 0.328 e. The lowest BCUT2D eigenvalue weighted by Crippen LogP contribution is -2.39. The number of rotatable bonds is 3. The third-order valence-corrected chi connectivity index (χ3v) is 2.90. The zero-order valence-electron chi connectivity index (χ0n) is 8.09. The van der Waals surface area contributed by atoms with Crippen molar-refractivity contribution in [2.75, 3.05) is 0 Å². The predicted octanol–water partition coefficient (Wildman–Crippen LogP) is 1.37. The van der Waals surface area contributed by atoms with Crippen molar-refractivity contribution < 1.29 is 0 Å². The van der Waals surface area contributed by atoms with Crippen LogP contribution >= 0.6 is 0 Å². The molecule has 0 atom stereocenters. The minimum absolute atomic E-state index is 0.358. The van der Waals surface area contributed by atoms with Crippen molar-refractivity contribution in [1.29, 1.82) is 5.41 Å². The fraction of sp³-hybridized carbons (Fsp3) is 0.800. The van der Waals surface area contributed by atoms with E-state index in [2.05, 4.69) is 4.99 Å². The average molecular weight is 179 g/mol. The van der Waals surface area contributed by atoms with E-state index in [1.165, 1.54) is 12.8 Å². The first-order valence-corrected chi connectivity index (χ1v) is 5.05. The Morgan fingerprint density at radius 1 is 1.38 bits per heavy atom. The van der Waals surface area contributed by atoms with Crippen molar-refractivity contribution in [2.24, 2.45) is 16.6 Å². The summed E-state index contributed by atoms with van der Waals surface area (Å²) in [4.78, 5) is 4.51. The van der Waals surface area contributed by atoms with Crippen LogP contribution in [0.4, 0.5) is 0 Å². The molecule has 0 aromatic carbocycles. The van der Waals surface area contributed by atoms with Gasteiger partial charge in [-0.15, -0.1) is 0 Å². The van der Waals surface area contributed by atoms with Gasteiger partial charge < -0.3 is 11.1 Å². The summed E-state index contributed by atoms with van der Waals surface area (Å²) in [6.45, 7) is 1.96. The zero-order valence-corrected chi connectivity index (χ0v) is 8.09. The average Bonchev–Trinajstić information content (AvgIpc) is 2.82. The van der Waals surface area contributed by atoms with Crippen LogP contribution in [0, 0.1) is 11.3 Å². The Morgan fingerprint density at radius 3 is 2.46 bits per heavy atom. The first-order valence-electron chi connectivity index (χ1n) is 5.05. The summed E-state index contributed by atoms with van der Waals surface area (Å²) in [6, 6.07) is 0.769. The van der Waals surface area contributed by atoms with E-state index in [0.717, 1.165) is 24.3 Å². The van der Waals surface area contributed by atoms with Gasteiger partial charge in [-0.3, -0.25) is 4.99 Å². The van der Waals surface area contributed by atoms with E-state index >= 15 is 0 Å². The third-order valence-electron chi connectivity index (χ3n) is 2.90. The number of nitrogens with two attached hydrogens (primary N) is 1. The Balaban J connectivity index is 1.87. The normalized spacial score (nSPS) is 34.2. The molecule has 0 aromatic heterocycles. The summed E-state index contributed by atoms with van der Waals surface area (Å²) in [5, 5.41) is 7.79. The molecule has 3 nitrogen and oxygen atoms in total. The van der Waals surface area contributed by atoms with Gasteiger partial charge in [0.1, 0.15) is 0 Å². The van der Waals surface area contributed by atoms with Gasteiger partial charge in [-0.2, -0.15) is 0 Å². The molecule has 0 radical (unpaired) electrons. The molecule has 0 heterocycles. The Bertz CT molecular complexity index is 247. The summed E-state index contributed by atoms with van der Waals surface area (Å²) in [6.07, 6.45) is 4.40. The van der Waals surface area contributed by atoms with Crippen LogP contribution in [0.3, 0.4) is 0 Å². The monoisotopic (exact) mass is 179 g/mol. The smallest absolute Gasteiger partial charge is 0.0552 e. The highest BCUT2D eigenvalue weighted by Gasteiger charge is 2.30. The molecular weight excluding hydrogens is 162 g/mol. The molecule has 2 saturated carbocycles. The molecule has 2 aliphatic rings. The lowest BCUT2D eigenvalue weighted by molar-refractivity contribution is 0.354. The minimum Gasteiger partial charge on any atom is -0.328 e. The Hall–Kier alpha value is -0.700. The molecule has 3 heteroatoms. The Labute approximate surface area is 78.9 Å². The lowest BCUT2D eigenvalue weighted by atomic mass is 9.88. The Kier molecular flexibility index (Phi) is 2.20. The highest BCUT2D eigenvalue weighted by Crippen LogP contribution is 2.31. The van der Waals surface area contributed by atoms with Crippen LogP contribution in [0.5, 0.6) is 0 Å². The van der Waals surface area contributed by atoms with E-state index in [1.807, 2.05) is 6.92 Å². The van der Waals surface area contributed by atoms with Crippen LogP contribution in [-0.2, 0) is 0 Å². The van der Waals surface area contributed by atoms with Gasteiger partial charge in [0.15, 0.2) is 0 Å². The molecule has 2 rings (SSSR count). The molecule has 13 heavy (non-hydrogen) atoms. The fourth-order valence-electron chi connectivity index (χ4n) is 1.75. The van der Waals surface area contributed by atoms with E-state index in [-0.39, 0.29) is 0 Å². The highest BCUT2D eigenvalue weighted by atomic mass is 14.9. The number of aliphatic imine (C=N–C) groups is 1. The number of nitrogens with zero attached hydrogens (tertiary/aromatic N) is 1. The van der Waals surface area contributed by atoms with Gasteiger partial charge in [0, 0.05) is 12.0 Å². The van der Waals surface area contributed by atoms with Crippen LogP contribution in [-0.4, -0.2) is 23.5 Å². The summed E-state index contributed by atoms with van der Waals surface area (Å²) >= 11 is 0.